The molecule has 1 rings (SSSR count). The molecule has 0 aromatic rings. The number of nitriles is 1. The summed E-state index contributed by atoms with van der Waals surface area (Å²) in [5.74, 6) is 0. The van der Waals surface area contributed by atoms with E-state index >= 15 is 0 Å². The average Bonchev–Trinajstić information content (AvgIpc) is 2.10. The molecule has 2 nitrogen and oxygen atoms in total. The van der Waals surface area contributed by atoms with Crippen LogP contribution in [-0.4, -0.2) is 13.2 Å². The molecule has 12 heavy (non-hydrogen) atoms. The summed E-state index contributed by atoms with van der Waals surface area (Å²) in [6.07, 6.45) is 1.78. The fourth-order valence-corrected chi connectivity index (χ4v) is 0.934. The highest BCUT2D eigenvalue weighted by molar-refractivity contribution is 4.96. The predicted octanol–water partition coefficient (Wildman–Crippen LogP) is 2.99. The van der Waals surface area contributed by atoms with Gasteiger partial charge in [-0.3, -0.25) is 0 Å². The fraction of sp³-hybridized carbons (Fsp3) is 0.900. The third-order valence-electron chi connectivity index (χ3n) is 1.87. The van der Waals surface area contributed by atoms with Crippen molar-refractivity contribution in [2.24, 2.45) is 5.41 Å². The average molecular weight is 171 g/mol. The molecule has 1 aliphatic heterocycles. The molecule has 0 unspecified atom stereocenters. The Morgan fingerprint density at radius 3 is 1.92 bits per heavy atom. The van der Waals surface area contributed by atoms with Crippen LogP contribution >= 0.6 is 0 Å². The first-order chi connectivity index (χ1) is 5.27. The van der Waals surface area contributed by atoms with Crippen molar-refractivity contribution in [3.05, 3.63) is 0 Å². The van der Waals surface area contributed by atoms with E-state index in [9.17, 15) is 0 Å². The third-order valence-corrected chi connectivity index (χ3v) is 1.87. The number of rotatable bonds is 0. The van der Waals surface area contributed by atoms with Crippen LogP contribution in [0.25, 0.3) is 0 Å². The Kier molecular flexibility index (Phi) is 8.31. The summed E-state index contributed by atoms with van der Waals surface area (Å²) in [6.45, 7) is 7.50. The van der Waals surface area contributed by atoms with Gasteiger partial charge in [-0.05, 0) is 19.8 Å². The number of ether oxygens (including phenoxy) is 1. The SMILES string of the molecule is C.CC.CC1(C#N)CCOCC1. The van der Waals surface area contributed by atoms with Gasteiger partial charge in [0.15, 0.2) is 0 Å². The van der Waals surface area contributed by atoms with Crippen LogP contribution in [0.2, 0.25) is 0 Å². The summed E-state index contributed by atoms with van der Waals surface area (Å²) in [5.41, 5.74) is -0.0990. The van der Waals surface area contributed by atoms with Gasteiger partial charge < -0.3 is 4.74 Å². The van der Waals surface area contributed by atoms with Crippen LogP contribution < -0.4 is 0 Å². The van der Waals surface area contributed by atoms with Crippen LogP contribution in [0.4, 0.5) is 0 Å². The minimum Gasteiger partial charge on any atom is -0.381 e. The molecule has 2 heteroatoms. The van der Waals surface area contributed by atoms with E-state index in [1.807, 2.05) is 20.8 Å². The van der Waals surface area contributed by atoms with E-state index in [-0.39, 0.29) is 12.8 Å². The summed E-state index contributed by atoms with van der Waals surface area (Å²) in [6, 6.07) is 2.30. The van der Waals surface area contributed by atoms with Crippen LogP contribution in [-0.2, 0) is 4.74 Å². The largest absolute Gasteiger partial charge is 0.381 e. The molecule has 0 bridgehead atoms. The zero-order valence-electron chi connectivity index (χ0n) is 7.68. The molecule has 0 spiro atoms. The second kappa shape index (κ2) is 7.12. The van der Waals surface area contributed by atoms with Gasteiger partial charge in [0, 0.05) is 13.2 Å². The van der Waals surface area contributed by atoms with Gasteiger partial charge in [-0.15, -0.1) is 0 Å². The van der Waals surface area contributed by atoms with Gasteiger partial charge in [0.2, 0.25) is 0 Å². The zero-order valence-corrected chi connectivity index (χ0v) is 7.68. The zero-order chi connectivity index (χ0) is 8.74. The first-order valence-electron chi connectivity index (χ1n) is 4.26. The van der Waals surface area contributed by atoms with Crippen molar-refractivity contribution in [3.8, 4) is 6.07 Å². The number of hydrogen-bond donors (Lipinski definition) is 0. The molecule has 1 fully saturated rings. The number of hydrogen-bond acceptors (Lipinski definition) is 2. The molecule has 1 aliphatic rings. The molecule has 0 radical (unpaired) electrons. The lowest BCUT2D eigenvalue weighted by Crippen LogP contribution is -2.24. The Balaban J connectivity index is 0. The van der Waals surface area contributed by atoms with Crippen LogP contribution in [0, 0.1) is 16.7 Å². The van der Waals surface area contributed by atoms with E-state index in [0.717, 1.165) is 26.1 Å². The molecule has 0 N–H and O–H groups in total. The van der Waals surface area contributed by atoms with Crippen molar-refractivity contribution in [2.45, 2.75) is 41.0 Å². The highest BCUT2D eigenvalue weighted by atomic mass is 16.5. The van der Waals surface area contributed by atoms with Crippen molar-refractivity contribution in [2.75, 3.05) is 13.2 Å². The summed E-state index contributed by atoms with van der Waals surface area (Å²) in [7, 11) is 0. The van der Waals surface area contributed by atoms with Gasteiger partial charge in [0.1, 0.15) is 0 Å². The predicted molar refractivity (Wildman–Crippen MR) is 51.9 cm³/mol. The van der Waals surface area contributed by atoms with Crippen molar-refractivity contribution < 1.29 is 4.74 Å². The lowest BCUT2D eigenvalue weighted by atomic mass is 9.84. The van der Waals surface area contributed by atoms with Gasteiger partial charge in [-0.25, -0.2) is 0 Å². The van der Waals surface area contributed by atoms with Crippen molar-refractivity contribution >= 4 is 0 Å². The molecule has 0 aliphatic carbocycles. The van der Waals surface area contributed by atoms with Crippen molar-refractivity contribution in [1.29, 1.82) is 5.26 Å². The van der Waals surface area contributed by atoms with E-state index in [2.05, 4.69) is 6.07 Å². The minimum absolute atomic E-state index is 0. The quantitative estimate of drug-likeness (QED) is 0.561. The molecule has 0 amide bonds. The third kappa shape index (κ3) is 4.35. The molecule has 0 aromatic carbocycles. The van der Waals surface area contributed by atoms with Crippen molar-refractivity contribution in [1.82, 2.24) is 0 Å². The number of nitrogens with zero attached hydrogens (tertiary/aromatic N) is 1. The minimum atomic E-state index is -0.0990. The maximum atomic E-state index is 8.64. The van der Waals surface area contributed by atoms with Crippen LogP contribution in [0.3, 0.4) is 0 Å². The maximum absolute atomic E-state index is 8.64. The Bertz CT molecular complexity index is 131. The molecular weight excluding hydrogens is 150 g/mol. The van der Waals surface area contributed by atoms with Crippen LogP contribution in [0.1, 0.15) is 41.0 Å². The Hall–Kier alpha value is -0.550. The van der Waals surface area contributed by atoms with E-state index in [0.29, 0.717) is 0 Å². The Morgan fingerprint density at radius 1 is 1.25 bits per heavy atom. The summed E-state index contributed by atoms with van der Waals surface area (Å²) >= 11 is 0. The Labute approximate surface area is 76.5 Å². The summed E-state index contributed by atoms with van der Waals surface area (Å²) in [5, 5.41) is 8.64. The first-order valence-corrected chi connectivity index (χ1v) is 4.26. The van der Waals surface area contributed by atoms with Gasteiger partial charge in [0.05, 0.1) is 11.5 Å². The fourth-order valence-electron chi connectivity index (χ4n) is 0.934. The van der Waals surface area contributed by atoms with Crippen LogP contribution in [0.5, 0.6) is 0 Å². The van der Waals surface area contributed by atoms with Gasteiger partial charge in [0.25, 0.3) is 0 Å². The topological polar surface area (TPSA) is 33.0 Å². The second-order valence-electron chi connectivity index (χ2n) is 2.78. The first kappa shape index (κ1) is 14.0. The molecule has 1 heterocycles. The molecular formula is C10H21NO. The van der Waals surface area contributed by atoms with Gasteiger partial charge >= 0.3 is 0 Å². The van der Waals surface area contributed by atoms with Crippen molar-refractivity contribution in [3.63, 3.8) is 0 Å². The maximum Gasteiger partial charge on any atom is 0.0688 e. The smallest absolute Gasteiger partial charge is 0.0688 e. The normalized spacial score (nSPS) is 19.2. The van der Waals surface area contributed by atoms with E-state index < -0.39 is 0 Å². The molecule has 72 valence electrons. The standard InChI is InChI=1S/C7H11NO.C2H6.CH4/c1-7(6-8)2-4-9-5-3-7;1-2;/h2-5H2,1H3;1-2H3;1H4. The highest BCUT2D eigenvalue weighted by Gasteiger charge is 2.26. The molecule has 0 aromatic heterocycles. The van der Waals surface area contributed by atoms with E-state index in [1.165, 1.54) is 0 Å². The molecule has 0 atom stereocenters. The van der Waals surface area contributed by atoms with E-state index in [4.69, 9.17) is 10.00 Å². The molecule has 1 saturated heterocycles. The molecule has 0 saturated carbocycles. The lowest BCUT2D eigenvalue weighted by molar-refractivity contribution is 0.0479. The van der Waals surface area contributed by atoms with Gasteiger partial charge in [-0.2, -0.15) is 5.26 Å². The Morgan fingerprint density at radius 2 is 1.67 bits per heavy atom. The summed E-state index contributed by atoms with van der Waals surface area (Å²) in [4.78, 5) is 0. The monoisotopic (exact) mass is 171 g/mol. The lowest BCUT2D eigenvalue weighted by Gasteiger charge is -2.25. The van der Waals surface area contributed by atoms with E-state index in [1.54, 1.807) is 0 Å². The van der Waals surface area contributed by atoms with Gasteiger partial charge in [-0.1, -0.05) is 21.3 Å². The van der Waals surface area contributed by atoms with Crippen LogP contribution in [0.15, 0.2) is 0 Å². The second-order valence-corrected chi connectivity index (χ2v) is 2.78. The highest BCUT2D eigenvalue weighted by Crippen LogP contribution is 2.27. The summed E-state index contributed by atoms with van der Waals surface area (Å²) < 4.78 is 5.12.